The molecule has 0 bridgehead atoms. The molecule has 1 aliphatic heterocycles. The van der Waals surface area contributed by atoms with E-state index in [0.29, 0.717) is 44.8 Å². The molecule has 1 heterocycles. The van der Waals surface area contributed by atoms with Gasteiger partial charge in [-0.3, -0.25) is 9.59 Å². The number of hydrogen-bond acceptors (Lipinski definition) is 4. The van der Waals surface area contributed by atoms with Crippen molar-refractivity contribution >= 4 is 17.9 Å². The first-order valence-electron chi connectivity index (χ1n) is 16.7. The molecule has 0 aliphatic carbocycles. The number of rotatable bonds is 14. The van der Waals surface area contributed by atoms with Crippen molar-refractivity contribution in [3.05, 3.63) is 144 Å². The quantitative estimate of drug-likeness (QED) is 0.149. The number of carbonyl (C=O) groups is 3. The van der Waals surface area contributed by atoms with E-state index in [-0.39, 0.29) is 18.4 Å². The maximum atomic E-state index is 13.7. The molecular weight excluding hydrogens is 586 g/mol. The lowest BCUT2D eigenvalue weighted by molar-refractivity contribution is -0.135. The molecule has 0 radical (unpaired) electrons. The van der Waals surface area contributed by atoms with Gasteiger partial charge in [-0.1, -0.05) is 121 Å². The molecule has 1 atom stereocenters. The number of ether oxygens (including phenoxy) is 1. The molecule has 47 heavy (non-hydrogen) atoms. The highest BCUT2D eigenvalue weighted by atomic mass is 16.5. The molecular formula is C40H45N3O4. The first-order valence-corrected chi connectivity index (χ1v) is 16.7. The van der Waals surface area contributed by atoms with Crippen LogP contribution in [0.15, 0.2) is 121 Å². The Morgan fingerprint density at radius 3 is 1.81 bits per heavy atom. The summed E-state index contributed by atoms with van der Waals surface area (Å²) in [5, 5.41) is 5.96. The molecule has 4 aromatic carbocycles. The summed E-state index contributed by atoms with van der Waals surface area (Å²) in [6, 6.07) is 38.8. The maximum absolute atomic E-state index is 13.7. The second-order valence-electron chi connectivity index (χ2n) is 12.3. The lowest BCUT2D eigenvalue weighted by atomic mass is 9.90. The topological polar surface area (TPSA) is 87.7 Å². The van der Waals surface area contributed by atoms with E-state index in [0.717, 1.165) is 36.0 Å². The molecule has 0 aromatic heterocycles. The number of nitrogens with one attached hydrogen (secondary N) is 2. The molecule has 2 N–H and O–H groups in total. The van der Waals surface area contributed by atoms with Crippen LogP contribution in [0, 0.1) is 5.92 Å². The highest BCUT2D eigenvalue weighted by Crippen LogP contribution is 2.25. The van der Waals surface area contributed by atoms with Crippen molar-refractivity contribution < 1.29 is 19.1 Å². The van der Waals surface area contributed by atoms with Crippen LogP contribution in [0.25, 0.3) is 0 Å². The average Bonchev–Trinajstić information content (AvgIpc) is 3.12. The van der Waals surface area contributed by atoms with E-state index in [9.17, 15) is 14.4 Å². The second-order valence-corrected chi connectivity index (χ2v) is 12.3. The zero-order chi connectivity index (χ0) is 32.7. The van der Waals surface area contributed by atoms with E-state index in [4.69, 9.17) is 4.74 Å². The Morgan fingerprint density at radius 2 is 1.23 bits per heavy atom. The smallest absolute Gasteiger partial charge is 0.408 e. The standard InChI is InChI=1S/C40H45N3O4/c44-38(37(34-19-9-3-10-20-34)35-21-11-4-12-22-35)41-26-14-13-23-36(42-40(46)47-30-33-17-7-2-8-18-33)39(45)43-27-24-32(25-28-43)29-31-15-5-1-6-16-31/h1-12,15-22,32,36-37H,13-14,23-30H2,(H,41,44)(H,42,46). The lowest BCUT2D eigenvalue weighted by Gasteiger charge is -2.34. The van der Waals surface area contributed by atoms with E-state index in [2.05, 4.69) is 34.9 Å². The molecule has 3 amide bonds. The third-order valence-electron chi connectivity index (χ3n) is 8.84. The second kappa shape index (κ2) is 17.7. The minimum atomic E-state index is -0.693. The van der Waals surface area contributed by atoms with Crippen LogP contribution in [0.3, 0.4) is 0 Å². The predicted molar refractivity (Wildman–Crippen MR) is 185 cm³/mol. The number of unbranched alkanes of at least 4 members (excludes halogenated alkanes) is 1. The molecule has 1 fully saturated rings. The van der Waals surface area contributed by atoms with Crippen LogP contribution in [-0.2, 0) is 27.4 Å². The van der Waals surface area contributed by atoms with E-state index >= 15 is 0 Å². The lowest BCUT2D eigenvalue weighted by Crippen LogP contribution is -2.51. The van der Waals surface area contributed by atoms with Crippen LogP contribution in [0.1, 0.15) is 60.3 Å². The van der Waals surface area contributed by atoms with Crippen LogP contribution in [0.5, 0.6) is 0 Å². The van der Waals surface area contributed by atoms with Crippen LogP contribution in [-0.4, -0.2) is 48.5 Å². The number of benzene rings is 4. The van der Waals surface area contributed by atoms with Gasteiger partial charge < -0.3 is 20.3 Å². The predicted octanol–water partition coefficient (Wildman–Crippen LogP) is 6.88. The van der Waals surface area contributed by atoms with Crippen LogP contribution in [0.4, 0.5) is 4.79 Å². The first-order chi connectivity index (χ1) is 23.1. The first kappa shape index (κ1) is 33.5. The number of amides is 3. The minimum Gasteiger partial charge on any atom is -0.445 e. The van der Waals surface area contributed by atoms with Gasteiger partial charge in [0.2, 0.25) is 11.8 Å². The molecule has 7 nitrogen and oxygen atoms in total. The Hall–Kier alpha value is -4.91. The Bertz CT molecular complexity index is 1490. The fourth-order valence-electron chi connectivity index (χ4n) is 6.26. The van der Waals surface area contributed by atoms with E-state index in [1.165, 1.54) is 5.56 Å². The fraction of sp³-hybridized carbons (Fsp3) is 0.325. The third kappa shape index (κ3) is 10.3. The zero-order valence-electron chi connectivity index (χ0n) is 26.9. The highest BCUT2D eigenvalue weighted by Gasteiger charge is 2.30. The fourth-order valence-corrected chi connectivity index (χ4v) is 6.26. The number of nitrogens with zero attached hydrogens (tertiary/aromatic N) is 1. The van der Waals surface area contributed by atoms with E-state index in [1.54, 1.807) is 0 Å². The van der Waals surface area contributed by atoms with Crippen molar-refractivity contribution in [3.63, 3.8) is 0 Å². The largest absolute Gasteiger partial charge is 0.445 e. The van der Waals surface area contributed by atoms with E-state index < -0.39 is 18.1 Å². The van der Waals surface area contributed by atoms with Crippen LogP contribution in [0.2, 0.25) is 0 Å². The van der Waals surface area contributed by atoms with Gasteiger partial charge in [-0.2, -0.15) is 0 Å². The number of piperidine rings is 1. The Kier molecular flexibility index (Phi) is 12.6. The Balaban J connectivity index is 1.14. The third-order valence-corrected chi connectivity index (χ3v) is 8.84. The van der Waals surface area contributed by atoms with Crippen molar-refractivity contribution in [2.75, 3.05) is 19.6 Å². The molecule has 0 spiro atoms. The summed E-state index contributed by atoms with van der Waals surface area (Å²) in [5.41, 5.74) is 4.08. The van der Waals surface area contributed by atoms with Gasteiger partial charge in [0.15, 0.2) is 0 Å². The van der Waals surface area contributed by atoms with Gasteiger partial charge in [-0.25, -0.2) is 4.79 Å². The minimum absolute atomic E-state index is 0.0592. The van der Waals surface area contributed by atoms with Gasteiger partial charge in [-0.15, -0.1) is 0 Å². The molecule has 1 unspecified atom stereocenters. The summed E-state index contributed by atoms with van der Waals surface area (Å²) in [6.45, 7) is 1.95. The Labute approximate surface area is 278 Å². The summed E-state index contributed by atoms with van der Waals surface area (Å²) in [4.78, 5) is 41.8. The molecule has 1 aliphatic rings. The van der Waals surface area contributed by atoms with Gasteiger partial charge in [0.25, 0.3) is 0 Å². The SMILES string of the molecule is O=C(NC(CCCCNC(=O)C(c1ccccc1)c1ccccc1)C(=O)N1CCC(Cc2ccccc2)CC1)OCc1ccccc1. The number of alkyl carbamates (subject to hydrolysis) is 1. The summed E-state index contributed by atoms with van der Waals surface area (Å²) < 4.78 is 5.47. The number of carbonyl (C=O) groups excluding carboxylic acids is 3. The number of hydrogen-bond donors (Lipinski definition) is 2. The molecule has 0 saturated carbocycles. The van der Waals surface area contributed by atoms with Crippen LogP contribution < -0.4 is 10.6 Å². The van der Waals surface area contributed by atoms with Crippen molar-refractivity contribution in [1.29, 1.82) is 0 Å². The average molecular weight is 632 g/mol. The van der Waals surface area contributed by atoms with Crippen molar-refractivity contribution in [3.8, 4) is 0 Å². The van der Waals surface area contributed by atoms with Gasteiger partial charge in [0.05, 0.1) is 5.92 Å². The monoisotopic (exact) mass is 631 g/mol. The molecule has 244 valence electrons. The number of likely N-dealkylation sites (tertiary alicyclic amines) is 1. The Morgan fingerprint density at radius 1 is 0.702 bits per heavy atom. The zero-order valence-corrected chi connectivity index (χ0v) is 26.9. The van der Waals surface area contributed by atoms with Crippen molar-refractivity contribution in [2.45, 2.75) is 57.1 Å². The molecule has 7 heteroatoms. The molecule has 5 rings (SSSR count). The van der Waals surface area contributed by atoms with Gasteiger partial charge in [-0.05, 0) is 66.7 Å². The summed E-state index contributed by atoms with van der Waals surface area (Å²) in [7, 11) is 0. The maximum Gasteiger partial charge on any atom is 0.408 e. The van der Waals surface area contributed by atoms with E-state index in [1.807, 2.05) is 102 Å². The summed E-state index contributed by atoms with van der Waals surface area (Å²) >= 11 is 0. The van der Waals surface area contributed by atoms with Crippen molar-refractivity contribution in [2.24, 2.45) is 5.92 Å². The van der Waals surface area contributed by atoms with Gasteiger partial charge in [0.1, 0.15) is 12.6 Å². The summed E-state index contributed by atoms with van der Waals surface area (Å²) in [6.07, 6.45) is 4.06. The van der Waals surface area contributed by atoms with Crippen LogP contribution >= 0.6 is 0 Å². The van der Waals surface area contributed by atoms with Gasteiger partial charge in [0, 0.05) is 19.6 Å². The molecule has 1 saturated heterocycles. The summed E-state index contributed by atoms with van der Waals surface area (Å²) in [5.74, 6) is -0.00593. The molecule has 4 aromatic rings. The normalized spacial score (nSPS) is 13.9. The van der Waals surface area contributed by atoms with Gasteiger partial charge >= 0.3 is 6.09 Å². The highest BCUT2D eigenvalue weighted by molar-refractivity contribution is 5.87. The van der Waals surface area contributed by atoms with Crippen molar-refractivity contribution in [1.82, 2.24) is 15.5 Å².